The summed E-state index contributed by atoms with van der Waals surface area (Å²) in [6.07, 6.45) is 4.62. The molecule has 3 heterocycles. The van der Waals surface area contributed by atoms with Gasteiger partial charge in [0.2, 0.25) is 0 Å². The highest BCUT2D eigenvalue weighted by Crippen LogP contribution is 2.34. The van der Waals surface area contributed by atoms with Gasteiger partial charge < -0.3 is 9.67 Å². The van der Waals surface area contributed by atoms with Crippen LogP contribution in [0.1, 0.15) is 11.6 Å². The maximum Gasteiger partial charge on any atom is 0.262 e. The smallest absolute Gasteiger partial charge is 0.262 e. The van der Waals surface area contributed by atoms with Crippen molar-refractivity contribution in [3.63, 3.8) is 0 Å². The van der Waals surface area contributed by atoms with Crippen LogP contribution in [-0.2, 0) is 17.1 Å². The summed E-state index contributed by atoms with van der Waals surface area (Å²) in [4.78, 5) is 8.24. The van der Waals surface area contributed by atoms with Crippen LogP contribution in [-0.4, -0.2) is 52.1 Å². The average molecular weight is 322 g/mol. The number of aliphatic hydroxyl groups excluding tert-OH is 1. The number of pyridine rings is 1. The molecule has 3 rings (SSSR count). The van der Waals surface area contributed by atoms with Crippen LogP contribution in [0.3, 0.4) is 0 Å². The van der Waals surface area contributed by atoms with E-state index in [0.29, 0.717) is 6.54 Å². The molecule has 118 valence electrons. The molecule has 1 aliphatic rings. The lowest BCUT2D eigenvalue weighted by Gasteiger charge is -2.15. The molecule has 0 aliphatic carbocycles. The van der Waals surface area contributed by atoms with Gasteiger partial charge in [-0.05, 0) is 12.1 Å². The Labute approximate surface area is 129 Å². The summed E-state index contributed by atoms with van der Waals surface area (Å²) in [6.45, 7) is 0.507. The standard InChI is InChI=1S/C14H18N4O3S/c1-17-8-14(16-10-17)22(20,21)18-6-11(9-19)12(7-18)13-4-2-3-5-15-13/h2-5,8,10-12,19H,6-7,9H2,1H3/t11-,12-/m1/s1. The Kier molecular flexibility index (Phi) is 3.98. The monoisotopic (exact) mass is 322 g/mol. The predicted molar refractivity (Wildman–Crippen MR) is 79.5 cm³/mol. The first-order valence-corrected chi connectivity index (χ1v) is 8.46. The molecule has 0 bridgehead atoms. The van der Waals surface area contributed by atoms with Gasteiger partial charge in [-0.2, -0.15) is 4.31 Å². The molecule has 8 heteroatoms. The number of aryl methyl sites for hydroxylation is 1. The van der Waals surface area contributed by atoms with Crippen molar-refractivity contribution >= 4 is 10.0 Å². The molecule has 1 fully saturated rings. The molecule has 2 aromatic rings. The van der Waals surface area contributed by atoms with Gasteiger partial charge in [-0.15, -0.1) is 0 Å². The van der Waals surface area contributed by atoms with Gasteiger partial charge in [0.25, 0.3) is 10.0 Å². The topological polar surface area (TPSA) is 88.3 Å². The lowest BCUT2D eigenvalue weighted by molar-refractivity contribution is 0.222. The molecule has 0 radical (unpaired) electrons. The van der Waals surface area contributed by atoms with Crippen molar-refractivity contribution in [3.8, 4) is 0 Å². The Morgan fingerprint density at radius 1 is 1.32 bits per heavy atom. The summed E-state index contributed by atoms with van der Waals surface area (Å²) in [6, 6.07) is 5.55. The van der Waals surface area contributed by atoms with Crippen LogP contribution >= 0.6 is 0 Å². The molecule has 7 nitrogen and oxygen atoms in total. The summed E-state index contributed by atoms with van der Waals surface area (Å²) in [7, 11) is -1.91. The molecule has 1 aliphatic heterocycles. The Hall–Kier alpha value is -1.77. The van der Waals surface area contributed by atoms with E-state index < -0.39 is 10.0 Å². The quantitative estimate of drug-likeness (QED) is 0.869. The Morgan fingerprint density at radius 2 is 2.14 bits per heavy atom. The van der Waals surface area contributed by atoms with Crippen LogP contribution in [0.25, 0.3) is 0 Å². The molecule has 0 unspecified atom stereocenters. The van der Waals surface area contributed by atoms with Crippen molar-refractivity contribution in [1.29, 1.82) is 0 Å². The van der Waals surface area contributed by atoms with Gasteiger partial charge >= 0.3 is 0 Å². The number of hydrogen-bond donors (Lipinski definition) is 1. The largest absolute Gasteiger partial charge is 0.396 e. The van der Waals surface area contributed by atoms with Gasteiger partial charge in [-0.1, -0.05) is 6.07 Å². The van der Waals surface area contributed by atoms with Gasteiger partial charge in [0, 0.05) is 56.7 Å². The highest BCUT2D eigenvalue weighted by Gasteiger charge is 2.41. The first-order valence-electron chi connectivity index (χ1n) is 7.02. The predicted octanol–water partition coefficient (Wildman–Crippen LogP) is 0.212. The normalized spacial score (nSPS) is 23.0. The summed E-state index contributed by atoms with van der Waals surface area (Å²) < 4.78 is 28.3. The summed E-state index contributed by atoms with van der Waals surface area (Å²) in [5.74, 6) is -0.266. The van der Waals surface area contributed by atoms with E-state index in [1.54, 1.807) is 17.8 Å². The third-order valence-electron chi connectivity index (χ3n) is 4.00. The van der Waals surface area contributed by atoms with Gasteiger partial charge in [0.1, 0.15) is 0 Å². The van der Waals surface area contributed by atoms with Crippen molar-refractivity contribution in [1.82, 2.24) is 18.8 Å². The lowest BCUT2D eigenvalue weighted by atomic mass is 9.93. The molecule has 22 heavy (non-hydrogen) atoms. The van der Waals surface area contributed by atoms with E-state index >= 15 is 0 Å². The SMILES string of the molecule is Cn1cnc(S(=O)(=O)N2C[C@H](CO)[C@H](c3ccccn3)C2)c1. The van der Waals surface area contributed by atoms with Gasteiger partial charge in [-0.25, -0.2) is 13.4 Å². The van der Waals surface area contributed by atoms with Gasteiger partial charge in [0.05, 0.1) is 6.33 Å². The zero-order chi connectivity index (χ0) is 15.7. The van der Waals surface area contributed by atoms with Crippen molar-refractivity contribution in [2.75, 3.05) is 19.7 Å². The van der Waals surface area contributed by atoms with Crippen LogP contribution in [0.2, 0.25) is 0 Å². The first kappa shape index (κ1) is 15.1. The number of nitrogens with zero attached hydrogens (tertiary/aromatic N) is 4. The second-order valence-electron chi connectivity index (χ2n) is 5.50. The zero-order valence-corrected chi connectivity index (χ0v) is 13.0. The third-order valence-corrected chi connectivity index (χ3v) is 5.71. The van der Waals surface area contributed by atoms with Crippen molar-refractivity contribution < 1.29 is 13.5 Å². The van der Waals surface area contributed by atoms with Crippen LogP contribution in [0.15, 0.2) is 41.9 Å². The van der Waals surface area contributed by atoms with E-state index in [-0.39, 0.29) is 30.0 Å². The minimum absolute atomic E-state index is 0.0355. The van der Waals surface area contributed by atoms with E-state index in [1.165, 1.54) is 16.8 Å². The van der Waals surface area contributed by atoms with Crippen LogP contribution in [0.4, 0.5) is 0 Å². The summed E-state index contributed by atoms with van der Waals surface area (Å²) in [5, 5.41) is 9.62. The zero-order valence-electron chi connectivity index (χ0n) is 12.2. The molecule has 2 atom stereocenters. The second kappa shape index (κ2) is 5.79. The molecule has 0 spiro atoms. The molecular weight excluding hydrogens is 304 g/mol. The molecule has 0 saturated carbocycles. The lowest BCUT2D eigenvalue weighted by Crippen LogP contribution is -2.29. The van der Waals surface area contributed by atoms with E-state index in [4.69, 9.17) is 0 Å². The highest BCUT2D eigenvalue weighted by molar-refractivity contribution is 7.89. The van der Waals surface area contributed by atoms with E-state index in [2.05, 4.69) is 9.97 Å². The van der Waals surface area contributed by atoms with Crippen molar-refractivity contribution in [2.45, 2.75) is 10.9 Å². The molecule has 0 aromatic carbocycles. The van der Waals surface area contributed by atoms with Gasteiger partial charge in [-0.3, -0.25) is 4.98 Å². The number of aromatic nitrogens is 3. The summed E-state index contributed by atoms with van der Waals surface area (Å²) >= 11 is 0. The highest BCUT2D eigenvalue weighted by atomic mass is 32.2. The van der Waals surface area contributed by atoms with Crippen LogP contribution in [0.5, 0.6) is 0 Å². The third kappa shape index (κ3) is 2.65. The Morgan fingerprint density at radius 3 is 2.73 bits per heavy atom. The maximum atomic E-state index is 12.6. The van der Waals surface area contributed by atoms with Crippen LogP contribution < -0.4 is 0 Å². The van der Waals surface area contributed by atoms with Crippen molar-refractivity contribution in [3.05, 3.63) is 42.6 Å². The fourth-order valence-corrected chi connectivity index (χ4v) is 4.29. The number of rotatable bonds is 4. The van der Waals surface area contributed by atoms with Crippen LogP contribution in [0, 0.1) is 5.92 Å². The molecule has 1 N–H and O–H groups in total. The van der Waals surface area contributed by atoms with Gasteiger partial charge in [0.15, 0.2) is 5.03 Å². The number of aliphatic hydroxyl groups is 1. The number of hydrogen-bond acceptors (Lipinski definition) is 5. The molecule has 2 aromatic heterocycles. The Balaban J connectivity index is 1.88. The molecular formula is C14H18N4O3S. The number of sulfonamides is 1. The van der Waals surface area contributed by atoms with E-state index in [1.807, 2.05) is 18.2 Å². The fourth-order valence-electron chi connectivity index (χ4n) is 2.80. The minimum Gasteiger partial charge on any atom is -0.396 e. The first-order chi connectivity index (χ1) is 10.5. The van der Waals surface area contributed by atoms with Crippen molar-refractivity contribution in [2.24, 2.45) is 13.0 Å². The fraction of sp³-hybridized carbons (Fsp3) is 0.429. The number of imidazole rings is 1. The van der Waals surface area contributed by atoms with E-state index in [9.17, 15) is 13.5 Å². The molecule has 0 amide bonds. The second-order valence-corrected chi connectivity index (χ2v) is 7.39. The Bertz CT molecular complexity index is 744. The summed E-state index contributed by atoms with van der Waals surface area (Å²) in [5.41, 5.74) is 0.806. The van der Waals surface area contributed by atoms with E-state index in [0.717, 1.165) is 5.69 Å². The minimum atomic E-state index is -3.64. The average Bonchev–Trinajstić information content (AvgIpc) is 3.14. The molecule has 1 saturated heterocycles. The maximum absolute atomic E-state index is 12.6.